The summed E-state index contributed by atoms with van der Waals surface area (Å²) in [5.74, 6) is 1.37. The van der Waals surface area contributed by atoms with Gasteiger partial charge in [0.1, 0.15) is 0 Å². The first-order valence-corrected chi connectivity index (χ1v) is 6.42. The molecule has 0 amide bonds. The summed E-state index contributed by atoms with van der Waals surface area (Å²) in [5, 5.41) is 0. The molecule has 3 heteroatoms. The van der Waals surface area contributed by atoms with Crippen molar-refractivity contribution in [3.05, 3.63) is 0 Å². The molecule has 2 atom stereocenters. The minimum Gasteiger partial charge on any atom is -0.378 e. The summed E-state index contributed by atoms with van der Waals surface area (Å²) in [6, 6.07) is 0. The maximum atomic E-state index is 5.39. The molecule has 0 saturated carbocycles. The zero-order valence-corrected chi connectivity index (χ0v) is 11.1. The molecule has 2 aliphatic heterocycles. The van der Waals surface area contributed by atoms with Gasteiger partial charge in [-0.05, 0) is 32.6 Å². The molecule has 0 radical (unpaired) electrons. The van der Waals surface area contributed by atoms with Crippen LogP contribution < -0.4 is 0 Å². The van der Waals surface area contributed by atoms with E-state index in [1.165, 1.54) is 12.8 Å². The summed E-state index contributed by atoms with van der Waals surface area (Å²) in [4.78, 5) is 0. The molecule has 0 aromatic heterocycles. The fourth-order valence-electron chi connectivity index (χ4n) is 1.71. The summed E-state index contributed by atoms with van der Waals surface area (Å²) in [6.07, 6.45) is 3.14. The average Bonchev–Trinajstić information content (AvgIpc) is 2.28. The Morgan fingerprint density at radius 1 is 0.706 bits per heavy atom. The van der Waals surface area contributed by atoms with E-state index in [-0.39, 0.29) is 13.7 Å². The second-order valence-corrected chi connectivity index (χ2v) is 5.17. The predicted octanol–water partition coefficient (Wildman–Crippen LogP) is 3.47. The van der Waals surface area contributed by atoms with Crippen molar-refractivity contribution in [2.75, 3.05) is 19.8 Å². The molecule has 0 aromatic carbocycles. The third-order valence-electron chi connectivity index (χ3n) is 2.96. The third kappa shape index (κ3) is 7.74. The molecule has 2 fully saturated rings. The van der Waals surface area contributed by atoms with Crippen LogP contribution in [-0.2, 0) is 14.2 Å². The molecular formula is C14H30O3. The highest BCUT2D eigenvalue weighted by Crippen LogP contribution is 2.16. The number of hydrogen-bond donors (Lipinski definition) is 0. The standard InChI is InChI=1S/C7H14O.C6H12O2.CH4/c1-6-3-4-7(2)8-5-6;1-5-3-7-6(2)8-4-5;/h6-7H,3-5H2,1-2H3;5-6H,3-4H2,1-2H3;1H4. The van der Waals surface area contributed by atoms with Crippen LogP contribution in [0.2, 0.25) is 0 Å². The van der Waals surface area contributed by atoms with E-state index in [4.69, 9.17) is 14.2 Å². The molecule has 2 saturated heterocycles. The molecule has 2 unspecified atom stereocenters. The molecule has 2 aliphatic rings. The van der Waals surface area contributed by atoms with Gasteiger partial charge in [-0.2, -0.15) is 0 Å². The topological polar surface area (TPSA) is 27.7 Å². The van der Waals surface area contributed by atoms with Crippen LogP contribution in [0.4, 0.5) is 0 Å². The van der Waals surface area contributed by atoms with Crippen LogP contribution in [0.1, 0.15) is 48.0 Å². The minimum atomic E-state index is 0. The Labute approximate surface area is 107 Å². The van der Waals surface area contributed by atoms with Crippen molar-refractivity contribution in [2.24, 2.45) is 11.8 Å². The largest absolute Gasteiger partial charge is 0.378 e. The SMILES string of the molecule is C.CC1CCC(C)OC1.CC1COC(C)OC1. The zero-order valence-electron chi connectivity index (χ0n) is 11.1. The van der Waals surface area contributed by atoms with Crippen LogP contribution in [0, 0.1) is 11.8 Å². The van der Waals surface area contributed by atoms with Crippen molar-refractivity contribution in [3.63, 3.8) is 0 Å². The van der Waals surface area contributed by atoms with Gasteiger partial charge in [0.15, 0.2) is 6.29 Å². The van der Waals surface area contributed by atoms with Gasteiger partial charge in [0, 0.05) is 12.5 Å². The zero-order chi connectivity index (χ0) is 12.0. The van der Waals surface area contributed by atoms with Crippen molar-refractivity contribution in [2.45, 2.75) is 60.4 Å². The first-order chi connectivity index (χ1) is 7.58. The maximum Gasteiger partial charge on any atom is 0.154 e. The number of hydrogen-bond acceptors (Lipinski definition) is 3. The van der Waals surface area contributed by atoms with Crippen molar-refractivity contribution in [1.82, 2.24) is 0 Å². The van der Waals surface area contributed by atoms with Crippen LogP contribution in [0.3, 0.4) is 0 Å². The molecule has 3 nitrogen and oxygen atoms in total. The summed E-state index contributed by atoms with van der Waals surface area (Å²) < 4.78 is 15.7. The van der Waals surface area contributed by atoms with Crippen LogP contribution in [-0.4, -0.2) is 32.2 Å². The Hall–Kier alpha value is -0.120. The lowest BCUT2D eigenvalue weighted by Crippen LogP contribution is -2.27. The molecule has 17 heavy (non-hydrogen) atoms. The molecule has 0 spiro atoms. The highest BCUT2D eigenvalue weighted by molar-refractivity contribution is 4.62. The lowest BCUT2D eigenvalue weighted by atomic mass is 10.0. The van der Waals surface area contributed by atoms with Gasteiger partial charge in [0.25, 0.3) is 0 Å². The maximum absolute atomic E-state index is 5.39. The van der Waals surface area contributed by atoms with Gasteiger partial charge < -0.3 is 14.2 Å². The Balaban J connectivity index is 0.000000284. The van der Waals surface area contributed by atoms with E-state index in [9.17, 15) is 0 Å². The van der Waals surface area contributed by atoms with Gasteiger partial charge in [0.2, 0.25) is 0 Å². The van der Waals surface area contributed by atoms with E-state index in [0.717, 1.165) is 25.7 Å². The van der Waals surface area contributed by atoms with E-state index in [2.05, 4.69) is 20.8 Å². The number of rotatable bonds is 0. The van der Waals surface area contributed by atoms with Crippen LogP contribution in [0.5, 0.6) is 0 Å². The first-order valence-electron chi connectivity index (χ1n) is 6.42. The van der Waals surface area contributed by atoms with Crippen LogP contribution >= 0.6 is 0 Å². The van der Waals surface area contributed by atoms with E-state index in [0.29, 0.717) is 12.0 Å². The highest BCUT2D eigenvalue weighted by atomic mass is 16.7. The van der Waals surface area contributed by atoms with Gasteiger partial charge in [-0.1, -0.05) is 21.3 Å². The van der Waals surface area contributed by atoms with E-state index in [1.54, 1.807) is 0 Å². The molecule has 0 aliphatic carbocycles. The Kier molecular flexibility index (Phi) is 8.83. The summed E-state index contributed by atoms with van der Waals surface area (Å²) in [7, 11) is 0. The second-order valence-electron chi connectivity index (χ2n) is 5.17. The summed E-state index contributed by atoms with van der Waals surface area (Å²) in [6.45, 7) is 11.1. The summed E-state index contributed by atoms with van der Waals surface area (Å²) in [5.41, 5.74) is 0. The monoisotopic (exact) mass is 246 g/mol. The predicted molar refractivity (Wildman–Crippen MR) is 71.1 cm³/mol. The lowest BCUT2D eigenvalue weighted by molar-refractivity contribution is -0.187. The molecular weight excluding hydrogens is 216 g/mol. The first kappa shape index (κ1) is 16.9. The normalized spacial score (nSPS) is 37.4. The Morgan fingerprint density at radius 3 is 1.59 bits per heavy atom. The van der Waals surface area contributed by atoms with Crippen LogP contribution in [0.25, 0.3) is 0 Å². The third-order valence-corrected chi connectivity index (χ3v) is 2.96. The summed E-state index contributed by atoms with van der Waals surface area (Å²) >= 11 is 0. The van der Waals surface area contributed by atoms with Crippen molar-refractivity contribution >= 4 is 0 Å². The van der Waals surface area contributed by atoms with Crippen LogP contribution in [0.15, 0.2) is 0 Å². The Bertz CT molecular complexity index is 128. The van der Waals surface area contributed by atoms with Gasteiger partial charge in [-0.15, -0.1) is 0 Å². The van der Waals surface area contributed by atoms with E-state index >= 15 is 0 Å². The molecule has 0 aromatic rings. The fraction of sp³-hybridized carbons (Fsp3) is 1.00. The van der Waals surface area contributed by atoms with Crippen molar-refractivity contribution in [1.29, 1.82) is 0 Å². The minimum absolute atomic E-state index is 0. The molecule has 0 bridgehead atoms. The smallest absolute Gasteiger partial charge is 0.154 e. The van der Waals surface area contributed by atoms with Gasteiger partial charge in [0.05, 0.1) is 19.3 Å². The molecule has 2 rings (SSSR count). The fourth-order valence-corrected chi connectivity index (χ4v) is 1.71. The molecule has 104 valence electrons. The molecule has 0 N–H and O–H groups in total. The number of ether oxygens (including phenoxy) is 3. The van der Waals surface area contributed by atoms with E-state index in [1.807, 2.05) is 6.92 Å². The lowest BCUT2D eigenvalue weighted by Gasteiger charge is -2.24. The Morgan fingerprint density at radius 2 is 1.24 bits per heavy atom. The average molecular weight is 246 g/mol. The highest BCUT2D eigenvalue weighted by Gasteiger charge is 2.14. The van der Waals surface area contributed by atoms with Gasteiger partial charge >= 0.3 is 0 Å². The van der Waals surface area contributed by atoms with Crippen molar-refractivity contribution < 1.29 is 14.2 Å². The van der Waals surface area contributed by atoms with E-state index < -0.39 is 0 Å². The quantitative estimate of drug-likeness (QED) is 0.655. The van der Waals surface area contributed by atoms with Gasteiger partial charge in [-0.3, -0.25) is 0 Å². The second kappa shape index (κ2) is 8.90. The molecule has 2 heterocycles. The van der Waals surface area contributed by atoms with Gasteiger partial charge in [-0.25, -0.2) is 0 Å². The van der Waals surface area contributed by atoms with Crippen molar-refractivity contribution in [3.8, 4) is 0 Å².